The van der Waals surface area contributed by atoms with E-state index >= 15 is 0 Å². The first-order valence-corrected chi connectivity index (χ1v) is 7.81. The molecule has 1 aromatic carbocycles. The predicted molar refractivity (Wildman–Crippen MR) is 89.7 cm³/mol. The molecule has 0 fully saturated rings. The van der Waals surface area contributed by atoms with Crippen molar-refractivity contribution in [2.45, 2.75) is 52.5 Å². The highest BCUT2D eigenvalue weighted by Crippen LogP contribution is 2.23. The topological polar surface area (TPSA) is 75.6 Å². The number of carbonyl (C=O) groups excluding carboxylic acids is 1. The molecule has 128 valence electrons. The molecule has 1 amide bonds. The largest absolute Gasteiger partial charge is 0.497 e. The van der Waals surface area contributed by atoms with Crippen LogP contribution in [0.2, 0.25) is 0 Å². The van der Waals surface area contributed by atoms with Gasteiger partial charge in [0.05, 0.1) is 13.0 Å². The molecule has 2 atom stereocenters. The van der Waals surface area contributed by atoms with Gasteiger partial charge in [0.2, 0.25) is 5.91 Å². The molecule has 23 heavy (non-hydrogen) atoms. The van der Waals surface area contributed by atoms with E-state index in [0.29, 0.717) is 12.2 Å². The van der Waals surface area contributed by atoms with E-state index in [1.165, 1.54) is 0 Å². The lowest BCUT2D eigenvalue weighted by Crippen LogP contribution is -2.43. The number of benzene rings is 1. The molecule has 0 saturated heterocycles. The molecule has 0 spiro atoms. The van der Waals surface area contributed by atoms with Gasteiger partial charge in [0.1, 0.15) is 11.8 Å². The third-order valence-corrected chi connectivity index (χ3v) is 3.78. The summed E-state index contributed by atoms with van der Waals surface area (Å²) < 4.78 is 5.15. The van der Waals surface area contributed by atoms with E-state index in [4.69, 9.17) is 4.74 Å². The van der Waals surface area contributed by atoms with E-state index in [1.807, 2.05) is 32.9 Å². The zero-order chi connectivity index (χ0) is 17.6. The van der Waals surface area contributed by atoms with E-state index in [1.54, 1.807) is 26.2 Å². The van der Waals surface area contributed by atoms with Crippen molar-refractivity contribution in [3.63, 3.8) is 0 Å². The first-order chi connectivity index (χ1) is 10.6. The summed E-state index contributed by atoms with van der Waals surface area (Å²) in [7, 11) is 1.57. The molecule has 0 aromatic heterocycles. The summed E-state index contributed by atoms with van der Waals surface area (Å²) in [4.78, 5) is 23.7. The molecular formula is C18H27NO4. The fraction of sp³-hybridized carbons (Fsp3) is 0.556. The smallest absolute Gasteiger partial charge is 0.326 e. The van der Waals surface area contributed by atoms with Crippen molar-refractivity contribution in [2.75, 3.05) is 7.11 Å². The predicted octanol–water partition coefficient (Wildman–Crippen LogP) is 3.19. The minimum Gasteiger partial charge on any atom is -0.497 e. The van der Waals surface area contributed by atoms with Crippen LogP contribution in [0, 0.1) is 5.41 Å². The van der Waals surface area contributed by atoms with Crippen LogP contribution in [0.15, 0.2) is 24.3 Å². The number of amides is 1. The summed E-state index contributed by atoms with van der Waals surface area (Å²) in [6, 6.07) is 6.37. The molecule has 2 N–H and O–H groups in total. The molecule has 0 aliphatic heterocycles. The molecule has 5 heteroatoms. The Labute approximate surface area is 138 Å². The lowest BCUT2D eigenvalue weighted by atomic mass is 9.88. The summed E-state index contributed by atoms with van der Waals surface area (Å²) in [5.41, 5.74) is 0.818. The van der Waals surface area contributed by atoms with Gasteiger partial charge in [-0.2, -0.15) is 0 Å². The Hall–Kier alpha value is -2.04. The lowest BCUT2D eigenvalue weighted by molar-refractivity contribution is -0.142. The second-order valence-electron chi connectivity index (χ2n) is 7.00. The van der Waals surface area contributed by atoms with Crippen molar-refractivity contribution in [1.29, 1.82) is 0 Å². The number of carbonyl (C=O) groups is 2. The summed E-state index contributed by atoms with van der Waals surface area (Å²) in [5.74, 6) is -1.06. The first kappa shape index (κ1) is 19.0. The van der Waals surface area contributed by atoms with Crippen molar-refractivity contribution in [3.05, 3.63) is 29.8 Å². The van der Waals surface area contributed by atoms with Crippen LogP contribution in [0.25, 0.3) is 0 Å². The van der Waals surface area contributed by atoms with Gasteiger partial charge in [-0.05, 0) is 42.9 Å². The van der Waals surface area contributed by atoms with Crippen molar-refractivity contribution in [3.8, 4) is 5.75 Å². The Bertz CT molecular complexity index is 548. The van der Waals surface area contributed by atoms with E-state index < -0.39 is 17.9 Å². The highest BCUT2D eigenvalue weighted by Gasteiger charge is 2.25. The Morgan fingerprint density at radius 1 is 1.30 bits per heavy atom. The number of methoxy groups -OCH3 is 1. The number of carboxylic acid groups (broad SMARTS) is 1. The third kappa shape index (κ3) is 6.30. The Morgan fingerprint density at radius 2 is 1.96 bits per heavy atom. The highest BCUT2D eigenvalue weighted by atomic mass is 16.5. The van der Waals surface area contributed by atoms with Crippen molar-refractivity contribution in [2.24, 2.45) is 5.41 Å². The van der Waals surface area contributed by atoms with Gasteiger partial charge < -0.3 is 15.2 Å². The maximum atomic E-state index is 12.4. The van der Waals surface area contributed by atoms with Crippen LogP contribution in [-0.2, 0) is 9.59 Å². The highest BCUT2D eigenvalue weighted by molar-refractivity contribution is 5.87. The summed E-state index contributed by atoms with van der Waals surface area (Å²) >= 11 is 0. The van der Waals surface area contributed by atoms with Crippen LogP contribution >= 0.6 is 0 Å². The minimum absolute atomic E-state index is 0.0246. The second-order valence-corrected chi connectivity index (χ2v) is 7.00. The van der Waals surface area contributed by atoms with Gasteiger partial charge in [0.25, 0.3) is 0 Å². The first-order valence-electron chi connectivity index (χ1n) is 7.81. The molecular weight excluding hydrogens is 294 g/mol. The molecule has 1 aromatic rings. The van der Waals surface area contributed by atoms with Gasteiger partial charge in [-0.25, -0.2) is 4.79 Å². The summed E-state index contributed by atoms with van der Waals surface area (Å²) in [6.45, 7) is 7.90. The minimum atomic E-state index is -1.000. The summed E-state index contributed by atoms with van der Waals surface area (Å²) in [6.07, 6.45) is 1.13. The van der Waals surface area contributed by atoms with Gasteiger partial charge in [0, 0.05) is 0 Å². The van der Waals surface area contributed by atoms with Crippen molar-refractivity contribution in [1.82, 2.24) is 5.32 Å². The van der Waals surface area contributed by atoms with Gasteiger partial charge in [-0.3, -0.25) is 4.79 Å². The van der Waals surface area contributed by atoms with Gasteiger partial charge >= 0.3 is 5.97 Å². The number of hydrogen-bond donors (Lipinski definition) is 2. The Morgan fingerprint density at radius 3 is 2.48 bits per heavy atom. The SMILES string of the molecule is COc1cccc(C(C)C(=O)NC(CCC(C)(C)C)C(=O)O)c1. The molecule has 0 heterocycles. The Balaban J connectivity index is 2.75. The van der Waals surface area contributed by atoms with Crippen LogP contribution in [0.5, 0.6) is 5.75 Å². The zero-order valence-corrected chi connectivity index (χ0v) is 14.6. The van der Waals surface area contributed by atoms with Crippen LogP contribution < -0.4 is 10.1 Å². The third-order valence-electron chi connectivity index (χ3n) is 3.78. The molecule has 0 bridgehead atoms. The van der Waals surface area contributed by atoms with Crippen molar-refractivity contribution < 1.29 is 19.4 Å². The van der Waals surface area contributed by atoms with Crippen LogP contribution in [0.1, 0.15) is 52.0 Å². The fourth-order valence-electron chi connectivity index (χ4n) is 2.19. The van der Waals surface area contributed by atoms with Gasteiger partial charge in [-0.1, -0.05) is 32.9 Å². The average molecular weight is 321 g/mol. The van der Waals surface area contributed by atoms with E-state index in [2.05, 4.69) is 5.32 Å². The number of nitrogens with one attached hydrogen (secondary N) is 1. The van der Waals surface area contributed by atoms with Crippen molar-refractivity contribution >= 4 is 11.9 Å². The monoisotopic (exact) mass is 321 g/mol. The number of carboxylic acids is 1. The number of aliphatic carboxylic acids is 1. The van der Waals surface area contributed by atoms with E-state index in [-0.39, 0.29) is 11.3 Å². The van der Waals surface area contributed by atoms with Crippen LogP contribution in [0.3, 0.4) is 0 Å². The fourth-order valence-corrected chi connectivity index (χ4v) is 2.19. The molecule has 0 radical (unpaired) electrons. The summed E-state index contributed by atoms with van der Waals surface area (Å²) in [5, 5.41) is 12.0. The van der Waals surface area contributed by atoms with Crippen LogP contribution in [0.4, 0.5) is 0 Å². The van der Waals surface area contributed by atoms with E-state index in [9.17, 15) is 14.7 Å². The second kappa shape index (κ2) is 7.99. The quantitative estimate of drug-likeness (QED) is 0.808. The maximum absolute atomic E-state index is 12.4. The van der Waals surface area contributed by atoms with Gasteiger partial charge in [0.15, 0.2) is 0 Å². The molecule has 0 saturated carbocycles. The molecule has 1 rings (SSSR count). The number of hydrogen-bond acceptors (Lipinski definition) is 3. The standard InChI is InChI=1S/C18H27NO4/c1-12(13-7-6-8-14(11-13)23-5)16(20)19-15(17(21)22)9-10-18(2,3)4/h6-8,11-12,15H,9-10H2,1-5H3,(H,19,20)(H,21,22). The maximum Gasteiger partial charge on any atom is 0.326 e. The van der Waals surface area contributed by atoms with Gasteiger partial charge in [-0.15, -0.1) is 0 Å². The molecule has 5 nitrogen and oxygen atoms in total. The average Bonchev–Trinajstić information content (AvgIpc) is 2.49. The van der Waals surface area contributed by atoms with E-state index in [0.717, 1.165) is 12.0 Å². The number of rotatable bonds is 7. The Kier molecular flexibility index (Phi) is 6.61. The van der Waals surface area contributed by atoms with Crippen LogP contribution in [-0.4, -0.2) is 30.1 Å². The molecule has 0 aliphatic rings. The normalized spacial score (nSPS) is 14.0. The zero-order valence-electron chi connectivity index (χ0n) is 14.6. The lowest BCUT2D eigenvalue weighted by Gasteiger charge is -2.23. The molecule has 2 unspecified atom stereocenters. The number of ether oxygens (including phenoxy) is 1. The molecule has 0 aliphatic carbocycles.